The van der Waals surface area contributed by atoms with Gasteiger partial charge in [-0.15, -0.1) is 0 Å². The number of furan rings is 1. The Hall–Kier alpha value is -7.94. The van der Waals surface area contributed by atoms with E-state index in [0.29, 0.717) is 0 Å². The minimum Gasteiger partial charge on any atom is -0.456 e. The predicted molar refractivity (Wildman–Crippen MR) is 253 cm³/mol. The number of anilines is 3. The topological polar surface area (TPSA) is 16.4 Å². The summed E-state index contributed by atoms with van der Waals surface area (Å²) in [5.74, 6) is 0. The lowest BCUT2D eigenvalue weighted by atomic mass is 9.70. The van der Waals surface area contributed by atoms with Gasteiger partial charge in [0.15, 0.2) is 0 Å². The molecule has 0 radical (unpaired) electrons. The minimum atomic E-state index is -0.468. The minimum absolute atomic E-state index is 0.468. The van der Waals surface area contributed by atoms with E-state index in [1.54, 1.807) is 0 Å². The Morgan fingerprint density at radius 1 is 0.344 bits per heavy atom. The Morgan fingerprint density at radius 2 is 0.902 bits per heavy atom. The lowest BCUT2D eigenvalue weighted by molar-refractivity contribution is 0.669. The summed E-state index contributed by atoms with van der Waals surface area (Å²) in [5, 5.41) is 4.62. The van der Waals surface area contributed by atoms with E-state index < -0.39 is 5.41 Å². The molecule has 61 heavy (non-hydrogen) atoms. The van der Waals surface area contributed by atoms with Gasteiger partial charge in [0.25, 0.3) is 0 Å². The van der Waals surface area contributed by atoms with Gasteiger partial charge in [-0.25, -0.2) is 0 Å². The highest BCUT2D eigenvalue weighted by atomic mass is 16.3. The van der Waals surface area contributed by atoms with Crippen LogP contribution in [0.3, 0.4) is 0 Å². The van der Waals surface area contributed by atoms with Crippen molar-refractivity contribution in [3.63, 3.8) is 0 Å². The van der Waals surface area contributed by atoms with E-state index in [-0.39, 0.29) is 0 Å². The maximum Gasteiger partial charge on any atom is 0.136 e. The lowest BCUT2D eigenvalue weighted by Gasteiger charge is -2.33. The van der Waals surface area contributed by atoms with Crippen LogP contribution in [-0.2, 0) is 5.41 Å². The van der Waals surface area contributed by atoms with Crippen molar-refractivity contribution < 1.29 is 4.42 Å². The molecule has 0 N–H and O–H groups in total. The molecule has 2 heteroatoms. The largest absolute Gasteiger partial charge is 0.456 e. The highest BCUT2D eigenvalue weighted by molar-refractivity contribution is 6.17. The Morgan fingerprint density at radius 3 is 1.62 bits per heavy atom. The molecule has 1 aromatic heterocycles. The fraction of sp³-hybridized carbons (Fsp3) is 0.0169. The Labute approximate surface area is 354 Å². The predicted octanol–water partition coefficient (Wildman–Crippen LogP) is 15.9. The van der Waals surface area contributed by atoms with Crippen LogP contribution >= 0.6 is 0 Å². The summed E-state index contributed by atoms with van der Waals surface area (Å²) < 4.78 is 6.62. The van der Waals surface area contributed by atoms with Crippen LogP contribution in [0.1, 0.15) is 22.3 Å². The standard InChI is InChI=1S/C59H37NO/c1-2-14-38(15-3-1)40-28-30-43(31-29-40)60(54-34-35-56-58(49-21-9-13-25-55(49)61-56)57(54)42-27-26-39-16-4-5-17-41(39)36-42)44-32-33-48-47-20-8-12-24-52(47)59(53(48)37-44)50-22-10-6-18-45(50)46-19-7-11-23-51(46)59/h1-37H. The van der Waals surface area contributed by atoms with Gasteiger partial charge in [-0.05, 0) is 121 Å². The van der Waals surface area contributed by atoms with Gasteiger partial charge in [-0.3, -0.25) is 0 Å². The van der Waals surface area contributed by atoms with Crippen LogP contribution in [0.5, 0.6) is 0 Å². The van der Waals surface area contributed by atoms with Crippen LogP contribution in [0.15, 0.2) is 229 Å². The smallest absolute Gasteiger partial charge is 0.136 e. The van der Waals surface area contributed by atoms with E-state index in [2.05, 4.69) is 229 Å². The summed E-state index contributed by atoms with van der Waals surface area (Å²) in [6.45, 7) is 0. The highest BCUT2D eigenvalue weighted by Crippen LogP contribution is 2.63. The molecule has 0 bridgehead atoms. The van der Waals surface area contributed by atoms with Crippen LogP contribution in [-0.4, -0.2) is 0 Å². The molecule has 11 aromatic rings. The van der Waals surface area contributed by atoms with Gasteiger partial charge in [-0.2, -0.15) is 0 Å². The Kier molecular flexibility index (Phi) is 7.26. The van der Waals surface area contributed by atoms with Gasteiger partial charge >= 0.3 is 0 Å². The van der Waals surface area contributed by atoms with Crippen LogP contribution in [0.4, 0.5) is 17.1 Å². The van der Waals surface area contributed by atoms with Crippen molar-refractivity contribution in [1.82, 2.24) is 0 Å². The Bertz CT molecular complexity index is 3480. The number of nitrogens with zero attached hydrogens (tertiary/aromatic N) is 1. The first kappa shape index (κ1) is 34.0. The van der Waals surface area contributed by atoms with Crippen LogP contribution < -0.4 is 4.90 Å². The third-order valence-corrected chi connectivity index (χ3v) is 13.3. The van der Waals surface area contributed by atoms with Gasteiger partial charge in [0.2, 0.25) is 0 Å². The summed E-state index contributed by atoms with van der Waals surface area (Å²) in [6, 6.07) is 82.4. The summed E-state index contributed by atoms with van der Waals surface area (Å²) in [7, 11) is 0. The van der Waals surface area contributed by atoms with E-state index in [1.807, 2.05) is 0 Å². The molecule has 0 aliphatic heterocycles. The Balaban J connectivity index is 1.12. The van der Waals surface area contributed by atoms with Crippen molar-refractivity contribution in [2.45, 2.75) is 5.41 Å². The molecule has 13 rings (SSSR count). The summed E-state index contributed by atoms with van der Waals surface area (Å²) in [6.07, 6.45) is 0. The maximum absolute atomic E-state index is 6.62. The zero-order valence-corrected chi connectivity index (χ0v) is 33.2. The van der Waals surface area contributed by atoms with Crippen molar-refractivity contribution in [1.29, 1.82) is 0 Å². The van der Waals surface area contributed by atoms with Crippen molar-refractivity contribution in [3.8, 4) is 44.5 Å². The molecule has 0 atom stereocenters. The number of para-hydroxylation sites is 1. The average molecular weight is 776 g/mol. The second-order valence-corrected chi connectivity index (χ2v) is 16.4. The number of fused-ring (bicyclic) bond motifs is 14. The van der Waals surface area contributed by atoms with Crippen molar-refractivity contribution >= 4 is 49.8 Å². The van der Waals surface area contributed by atoms with Gasteiger partial charge in [0, 0.05) is 27.7 Å². The molecule has 10 aromatic carbocycles. The van der Waals surface area contributed by atoms with Gasteiger partial charge in [0.05, 0.1) is 11.1 Å². The molecule has 0 saturated carbocycles. The van der Waals surface area contributed by atoms with E-state index in [1.165, 1.54) is 66.4 Å². The third-order valence-electron chi connectivity index (χ3n) is 13.3. The van der Waals surface area contributed by atoms with Crippen molar-refractivity contribution in [3.05, 3.63) is 247 Å². The van der Waals surface area contributed by atoms with Crippen molar-refractivity contribution in [2.75, 3.05) is 4.90 Å². The van der Waals surface area contributed by atoms with E-state index in [4.69, 9.17) is 4.42 Å². The third kappa shape index (κ3) is 4.85. The van der Waals surface area contributed by atoms with Gasteiger partial charge < -0.3 is 9.32 Å². The monoisotopic (exact) mass is 775 g/mol. The fourth-order valence-corrected chi connectivity index (χ4v) is 10.7. The molecule has 0 amide bonds. The van der Waals surface area contributed by atoms with E-state index in [0.717, 1.165) is 50.1 Å². The molecule has 1 heterocycles. The zero-order valence-electron chi connectivity index (χ0n) is 33.2. The first-order chi connectivity index (χ1) is 30.3. The van der Waals surface area contributed by atoms with Crippen LogP contribution in [0.2, 0.25) is 0 Å². The van der Waals surface area contributed by atoms with Crippen LogP contribution in [0.25, 0.3) is 77.2 Å². The second kappa shape index (κ2) is 13.0. The maximum atomic E-state index is 6.62. The SMILES string of the molecule is c1ccc(-c2ccc(N(c3ccc4c(c3)C3(c5ccccc5-c5ccccc53)c3ccccc3-4)c3ccc4oc5ccccc5c4c3-c3ccc4ccccc4c3)cc2)cc1. The van der Waals surface area contributed by atoms with Crippen LogP contribution in [0, 0.1) is 0 Å². The highest BCUT2D eigenvalue weighted by Gasteiger charge is 2.51. The zero-order chi connectivity index (χ0) is 40.1. The molecular weight excluding hydrogens is 739 g/mol. The van der Waals surface area contributed by atoms with E-state index in [9.17, 15) is 0 Å². The quantitative estimate of drug-likeness (QED) is 0.173. The second-order valence-electron chi connectivity index (χ2n) is 16.4. The molecule has 1 spiro atoms. The molecular formula is C59H37NO. The number of hydrogen-bond donors (Lipinski definition) is 0. The molecule has 284 valence electrons. The van der Waals surface area contributed by atoms with E-state index >= 15 is 0 Å². The fourth-order valence-electron chi connectivity index (χ4n) is 10.7. The molecule has 2 nitrogen and oxygen atoms in total. The molecule has 2 aliphatic carbocycles. The number of benzene rings is 10. The normalized spacial score (nSPS) is 13.0. The van der Waals surface area contributed by atoms with Gasteiger partial charge in [0.1, 0.15) is 11.2 Å². The van der Waals surface area contributed by atoms with Gasteiger partial charge in [-0.1, -0.05) is 176 Å². The summed E-state index contributed by atoms with van der Waals surface area (Å²) in [4.78, 5) is 2.48. The first-order valence-corrected chi connectivity index (χ1v) is 21.1. The molecule has 0 unspecified atom stereocenters. The summed E-state index contributed by atoms with van der Waals surface area (Å²) in [5.41, 5.74) is 19.7. The lowest BCUT2D eigenvalue weighted by Crippen LogP contribution is -2.26. The number of hydrogen-bond acceptors (Lipinski definition) is 2. The van der Waals surface area contributed by atoms with Crippen molar-refractivity contribution in [2.24, 2.45) is 0 Å². The molecule has 0 fully saturated rings. The molecule has 2 aliphatic rings. The summed E-state index contributed by atoms with van der Waals surface area (Å²) >= 11 is 0. The molecule has 0 saturated heterocycles. The first-order valence-electron chi connectivity index (χ1n) is 21.1. The average Bonchev–Trinajstić information content (AvgIpc) is 3.96. The number of rotatable bonds is 5.